The molecule has 0 fully saturated rings. The minimum Gasteiger partial charge on any atom is -0.412 e. The maximum Gasteiger partial charge on any atom is -0.412 e. The summed E-state index contributed by atoms with van der Waals surface area (Å²) in [5.74, 6) is 0. The minimum absolute atomic E-state index is 0. The van der Waals surface area contributed by atoms with Crippen LogP contribution < -0.4 is 0 Å². The van der Waals surface area contributed by atoms with Gasteiger partial charge in [0.25, 0.3) is 0 Å². The summed E-state index contributed by atoms with van der Waals surface area (Å²) in [5, 5.41) is 15.0. The van der Waals surface area contributed by atoms with Crippen LogP contribution >= 0.6 is 0 Å². The van der Waals surface area contributed by atoms with E-state index in [0.29, 0.717) is 30.9 Å². The molecule has 0 rings (SSSR count). The van der Waals surface area contributed by atoms with Gasteiger partial charge in [-0.2, -0.15) is 0 Å². The van der Waals surface area contributed by atoms with Crippen molar-refractivity contribution in [3.63, 3.8) is 0 Å². The molecule has 0 aliphatic rings. The second kappa shape index (κ2) is 40.7. The fraction of sp³-hybridized carbons (Fsp3) is 1.00. The van der Waals surface area contributed by atoms with Gasteiger partial charge >= 0.3 is 181 Å². The smallest absolute Gasteiger partial charge is 0.412 e. The van der Waals surface area contributed by atoms with Crippen LogP contribution in [-0.2, 0) is 0 Å². The van der Waals surface area contributed by atoms with Crippen LogP contribution in [0.15, 0.2) is 0 Å². The largest absolute Gasteiger partial charge is 0.412 e. The summed E-state index contributed by atoms with van der Waals surface area (Å²) in [6, 6.07) is 0. The molecule has 0 atom stereocenters. The van der Waals surface area contributed by atoms with E-state index < -0.39 is 28.7 Å². The summed E-state index contributed by atoms with van der Waals surface area (Å²) in [6.45, 7) is 23.1. The van der Waals surface area contributed by atoms with E-state index in [9.17, 15) is 0 Å². The molecule has 0 aromatic rings. The second-order valence-electron chi connectivity index (χ2n) is 5.54. The van der Waals surface area contributed by atoms with Gasteiger partial charge in [0.15, 0.2) is 0 Å². The van der Waals surface area contributed by atoms with Gasteiger partial charge in [0.05, 0.1) is 0 Å². The Balaban J connectivity index is -0.0000000711. The summed E-state index contributed by atoms with van der Waals surface area (Å²) < 4.78 is 0. The van der Waals surface area contributed by atoms with Crippen LogP contribution in [-0.4, -0.2) is 65.0 Å². The molecule has 0 saturated heterocycles. The molecule has 5 heteroatoms. The summed E-state index contributed by atoms with van der Waals surface area (Å²) >= 11 is 0.250. The van der Waals surface area contributed by atoms with Gasteiger partial charge in [0.1, 0.15) is 0 Å². The molecular formula is C20H52Ge4O. The molecule has 2 N–H and O–H groups in total. The van der Waals surface area contributed by atoms with Crippen LogP contribution in [0.3, 0.4) is 0 Å². The van der Waals surface area contributed by atoms with Crippen LogP contribution in [0.2, 0.25) is 52.5 Å². The molecule has 0 aliphatic heterocycles. The summed E-state index contributed by atoms with van der Waals surface area (Å²) in [5.41, 5.74) is 0. The van der Waals surface area contributed by atoms with Crippen molar-refractivity contribution in [2.45, 2.75) is 122 Å². The third-order valence-electron chi connectivity index (χ3n) is 4.00. The van der Waals surface area contributed by atoms with Gasteiger partial charge in [-0.3, -0.25) is 0 Å². The predicted molar refractivity (Wildman–Crippen MR) is 131 cm³/mol. The quantitative estimate of drug-likeness (QED) is 0.235. The van der Waals surface area contributed by atoms with Crippen LogP contribution in [0.5, 0.6) is 0 Å². The van der Waals surface area contributed by atoms with Crippen molar-refractivity contribution in [1.82, 2.24) is 0 Å². The zero-order chi connectivity index (χ0) is 19.6. The Morgan fingerprint density at radius 2 is 0.560 bits per heavy atom. The SMILES string of the molecule is C[CH2][Ge]([CH2]C)[CH2]C.C[CH2][Ge]([CH2]C)[CH2]C.C[CH2][Ge][CH2]C.C[CH2][Ge][CH2]C.O. The molecule has 0 heterocycles. The van der Waals surface area contributed by atoms with Gasteiger partial charge < -0.3 is 5.48 Å². The molecule has 0 unspecified atom stereocenters. The van der Waals surface area contributed by atoms with Crippen molar-refractivity contribution in [2.24, 2.45) is 0 Å². The molecule has 0 saturated carbocycles. The van der Waals surface area contributed by atoms with Gasteiger partial charge in [-0.05, 0) is 0 Å². The number of hydrogen-bond acceptors (Lipinski definition) is 0. The summed E-state index contributed by atoms with van der Waals surface area (Å²) in [6.07, 6.45) is 0. The third-order valence-corrected chi connectivity index (χ3v) is 20.8. The second-order valence-corrected chi connectivity index (χ2v) is 28.8. The molecule has 0 aromatic heterocycles. The van der Waals surface area contributed by atoms with Crippen molar-refractivity contribution >= 4 is 59.6 Å². The molecule has 0 amide bonds. The number of hydrogen-bond donors (Lipinski definition) is 0. The maximum atomic E-state index is 2.34. The van der Waals surface area contributed by atoms with E-state index in [1.54, 1.807) is 0 Å². The molecule has 25 heavy (non-hydrogen) atoms. The molecule has 1 nitrogen and oxygen atoms in total. The van der Waals surface area contributed by atoms with E-state index in [2.05, 4.69) is 69.2 Å². The van der Waals surface area contributed by atoms with Crippen LogP contribution in [0.1, 0.15) is 69.2 Å². The van der Waals surface area contributed by atoms with E-state index in [1.165, 1.54) is 52.5 Å². The fourth-order valence-electron chi connectivity index (χ4n) is 2.00. The normalized spacial score (nSPS) is 9.12. The van der Waals surface area contributed by atoms with Crippen LogP contribution in [0.25, 0.3) is 0 Å². The fourth-order valence-corrected chi connectivity index (χ4v) is 10.4. The topological polar surface area (TPSA) is 31.5 Å². The maximum absolute atomic E-state index is 2.34. The molecular weight excluding hydrogens is 547 g/mol. The Hall–Kier alpha value is 2.13. The van der Waals surface area contributed by atoms with Gasteiger partial charge in [-0.25, -0.2) is 0 Å². The van der Waals surface area contributed by atoms with E-state index in [1.807, 2.05) is 0 Å². The number of rotatable bonds is 10. The monoisotopic (exact) mass is 604 g/mol. The molecule has 0 aromatic carbocycles. The minimum atomic E-state index is -0.403. The Labute approximate surface area is 185 Å². The predicted octanol–water partition coefficient (Wildman–Crippen LogP) is 7.39. The standard InChI is InChI=1S/2C6H15Ge.2C4H10Ge.H2O/c2*1-4-7(5-2)6-3;2*1-3-5-4-2;/h2*4-6H2,1-3H3;2*3-4H2,1-2H3;1H2. The molecule has 154 valence electrons. The average molecular weight is 599 g/mol. The zero-order valence-corrected chi connectivity index (χ0v) is 28.0. The molecule has 0 spiro atoms. The van der Waals surface area contributed by atoms with Crippen molar-refractivity contribution in [3.8, 4) is 0 Å². The van der Waals surface area contributed by atoms with E-state index in [4.69, 9.17) is 0 Å². The van der Waals surface area contributed by atoms with E-state index >= 15 is 0 Å². The van der Waals surface area contributed by atoms with Gasteiger partial charge in [-0.15, -0.1) is 0 Å². The Bertz CT molecular complexity index is 131. The van der Waals surface area contributed by atoms with Crippen molar-refractivity contribution in [3.05, 3.63) is 0 Å². The Kier molecular flexibility index (Phi) is 61.6. The Morgan fingerprint density at radius 3 is 0.560 bits per heavy atom. The molecule has 0 aliphatic carbocycles. The van der Waals surface area contributed by atoms with E-state index in [-0.39, 0.29) is 5.48 Å². The first kappa shape index (κ1) is 37.8. The summed E-state index contributed by atoms with van der Waals surface area (Å²) in [4.78, 5) is 0. The van der Waals surface area contributed by atoms with Crippen molar-refractivity contribution < 1.29 is 5.48 Å². The van der Waals surface area contributed by atoms with Crippen molar-refractivity contribution in [1.29, 1.82) is 0 Å². The zero-order valence-electron chi connectivity index (χ0n) is 19.6. The van der Waals surface area contributed by atoms with Gasteiger partial charge in [-0.1, -0.05) is 0 Å². The van der Waals surface area contributed by atoms with Crippen LogP contribution in [0, 0.1) is 0 Å². The van der Waals surface area contributed by atoms with E-state index in [0.717, 1.165) is 0 Å². The van der Waals surface area contributed by atoms with Crippen LogP contribution in [0.4, 0.5) is 0 Å². The van der Waals surface area contributed by atoms with Gasteiger partial charge in [0.2, 0.25) is 0 Å². The first-order chi connectivity index (χ1) is 11.5. The third kappa shape index (κ3) is 46.3. The first-order valence-electron chi connectivity index (χ1n) is 10.6. The summed E-state index contributed by atoms with van der Waals surface area (Å²) in [7, 11) is 0. The average Bonchev–Trinajstić information content (AvgIpc) is 2.61. The Morgan fingerprint density at radius 1 is 0.400 bits per heavy atom. The first-order valence-corrected chi connectivity index (χ1v) is 25.4. The van der Waals surface area contributed by atoms with Crippen molar-refractivity contribution in [2.75, 3.05) is 0 Å². The molecule has 0 bridgehead atoms. The van der Waals surface area contributed by atoms with Gasteiger partial charge in [0, 0.05) is 0 Å². The molecule has 6 radical (unpaired) electrons.